The van der Waals surface area contributed by atoms with E-state index < -0.39 is 0 Å². The SMILES string of the molecule is CCn1c(=S)[nH]c2ccc(Oc3ccccc3)cc2c1=O. The van der Waals surface area contributed by atoms with Gasteiger partial charge >= 0.3 is 0 Å². The zero-order chi connectivity index (χ0) is 14.8. The van der Waals surface area contributed by atoms with E-state index in [0.717, 1.165) is 11.3 Å². The first-order chi connectivity index (χ1) is 10.2. The van der Waals surface area contributed by atoms with Crippen LogP contribution in [0.3, 0.4) is 0 Å². The van der Waals surface area contributed by atoms with Gasteiger partial charge in [-0.25, -0.2) is 0 Å². The summed E-state index contributed by atoms with van der Waals surface area (Å²) in [5, 5.41) is 0.568. The second-order valence-corrected chi connectivity index (χ2v) is 4.99. The summed E-state index contributed by atoms with van der Waals surface area (Å²) in [5.74, 6) is 1.36. The van der Waals surface area contributed by atoms with Gasteiger partial charge in [0.05, 0.1) is 10.9 Å². The molecular weight excluding hydrogens is 284 g/mol. The van der Waals surface area contributed by atoms with Gasteiger partial charge in [0.1, 0.15) is 11.5 Å². The topological polar surface area (TPSA) is 47.0 Å². The van der Waals surface area contributed by atoms with Crippen molar-refractivity contribution in [1.82, 2.24) is 9.55 Å². The fourth-order valence-corrected chi connectivity index (χ4v) is 2.53. The highest BCUT2D eigenvalue weighted by Crippen LogP contribution is 2.23. The smallest absolute Gasteiger partial charge is 0.262 e. The van der Waals surface area contributed by atoms with E-state index in [0.29, 0.717) is 22.5 Å². The van der Waals surface area contributed by atoms with Crippen molar-refractivity contribution in [3.63, 3.8) is 0 Å². The Kier molecular flexibility index (Phi) is 3.58. The number of H-pyrrole nitrogens is 1. The number of aromatic nitrogens is 2. The number of fused-ring (bicyclic) bond motifs is 1. The Morgan fingerprint density at radius 2 is 1.90 bits per heavy atom. The Morgan fingerprint density at radius 3 is 2.62 bits per heavy atom. The van der Waals surface area contributed by atoms with Gasteiger partial charge in [-0.2, -0.15) is 0 Å². The predicted molar refractivity (Wildman–Crippen MR) is 85.6 cm³/mol. The number of nitrogens with one attached hydrogen (secondary N) is 1. The number of rotatable bonds is 3. The molecule has 3 rings (SSSR count). The van der Waals surface area contributed by atoms with Crippen molar-refractivity contribution in [3.8, 4) is 11.5 Å². The lowest BCUT2D eigenvalue weighted by Crippen LogP contribution is -2.21. The predicted octanol–water partition coefficient (Wildman–Crippen LogP) is 3.87. The largest absolute Gasteiger partial charge is 0.457 e. The molecule has 0 spiro atoms. The zero-order valence-electron chi connectivity index (χ0n) is 11.5. The van der Waals surface area contributed by atoms with Crippen molar-refractivity contribution >= 4 is 23.1 Å². The van der Waals surface area contributed by atoms with E-state index in [1.54, 1.807) is 6.07 Å². The minimum atomic E-state index is -0.102. The molecule has 5 heteroatoms. The Bertz CT molecular complexity index is 898. The van der Waals surface area contributed by atoms with Gasteiger partial charge in [-0.15, -0.1) is 0 Å². The number of hydrogen-bond acceptors (Lipinski definition) is 3. The fraction of sp³-hybridized carbons (Fsp3) is 0.125. The van der Waals surface area contributed by atoms with Gasteiger partial charge in [0.25, 0.3) is 5.56 Å². The molecule has 4 nitrogen and oxygen atoms in total. The van der Waals surface area contributed by atoms with Crippen LogP contribution in [-0.4, -0.2) is 9.55 Å². The molecule has 0 amide bonds. The molecule has 0 fully saturated rings. The van der Waals surface area contributed by atoms with Gasteiger partial charge in [0.2, 0.25) is 0 Å². The molecule has 0 saturated carbocycles. The highest BCUT2D eigenvalue weighted by atomic mass is 32.1. The molecule has 106 valence electrons. The number of aromatic amines is 1. The molecule has 0 bridgehead atoms. The summed E-state index contributed by atoms with van der Waals surface area (Å²) in [4.78, 5) is 15.5. The molecule has 0 saturated heterocycles. The molecule has 1 aromatic heterocycles. The molecule has 21 heavy (non-hydrogen) atoms. The molecule has 1 N–H and O–H groups in total. The summed E-state index contributed by atoms with van der Waals surface area (Å²) in [7, 11) is 0. The van der Waals surface area contributed by atoms with E-state index in [1.807, 2.05) is 49.4 Å². The Morgan fingerprint density at radius 1 is 1.14 bits per heavy atom. The van der Waals surface area contributed by atoms with Crippen molar-refractivity contribution in [1.29, 1.82) is 0 Å². The molecule has 0 aliphatic rings. The van der Waals surface area contributed by atoms with Gasteiger partial charge in [-0.05, 0) is 49.5 Å². The molecule has 2 aromatic carbocycles. The van der Waals surface area contributed by atoms with Crippen LogP contribution in [0.5, 0.6) is 11.5 Å². The van der Waals surface area contributed by atoms with Crippen molar-refractivity contribution in [2.24, 2.45) is 0 Å². The first-order valence-corrected chi connectivity index (χ1v) is 7.09. The van der Waals surface area contributed by atoms with Gasteiger partial charge < -0.3 is 9.72 Å². The number of para-hydroxylation sites is 1. The third-order valence-corrected chi connectivity index (χ3v) is 3.57. The average molecular weight is 298 g/mol. The van der Waals surface area contributed by atoms with Crippen LogP contribution in [-0.2, 0) is 6.54 Å². The van der Waals surface area contributed by atoms with Crippen LogP contribution in [0.4, 0.5) is 0 Å². The van der Waals surface area contributed by atoms with E-state index in [9.17, 15) is 4.79 Å². The van der Waals surface area contributed by atoms with Gasteiger partial charge in [-0.1, -0.05) is 18.2 Å². The Hall–Kier alpha value is -2.40. The van der Waals surface area contributed by atoms with Crippen LogP contribution in [0.1, 0.15) is 6.92 Å². The molecule has 3 aromatic rings. The van der Waals surface area contributed by atoms with Crippen molar-refractivity contribution < 1.29 is 4.74 Å². The summed E-state index contributed by atoms with van der Waals surface area (Å²) >= 11 is 5.18. The summed E-state index contributed by atoms with van der Waals surface area (Å²) in [5.41, 5.74) is 0.616. The summed E-state index contributed by atoms with van der Waals surface area (Å²) in [6.45, 7) is 2.43. The second-order valence-electron chi connectivity index (χ2n) is 4.60. The minimum absolute atomic E-state index is 0.102. The van der Waals surface area contributed by atoms with Crippen LogP contribution >= 0.6 is 12.2 Å². The fourth-order valence-electron chi connectivity index (χ4n) is 2.20. The Labute approximate surface area is 126 Å². The first-order valence-electron chi connectivity index (χ1n) is 6.69. The van der Waals surface area contributed by atoms with Gasteiger partial charge in [0, 0.05) is 6.54 Å². The van der Waals surface area contributed by atoms with Crippen molar-refractivity contribution in [2.75, 3.05) is 0 Å². The summed E-state index contributed by atoms with van der Waals surface area (Å²) < 4.78 is 7.73. The molecule has 0 aliphatic heterocycles. The number of nitrogens with zero attached hydrogens (tertiary/aromatic N) is 1. The second kappa shape index (κ2) is 5.54. The lowest BCUT2D eigenvalue weighted by atomic mass is 10.2. The van der Waals surface area contributed by atoms with E-state index in [-0.39, 0.29) is 5.56 Å². The third-order valence-electron chi connectivity index (χ3n) is 3.25. The summed E-state index contributed by atoms with van der Waals surface area (Å²) in [6, 6.07) is 14.8. The highest BCUT2D eigenvalue weighted by Gasteiger charge is 2.06. The molecule has 0 atom stereocenters. The third kappa shape index (κ3) is 2.60. The lowest BCUT2D eigenvalue weighted by Gasteiger charge is -2.08. The molecule has 0 aliphatic carbocycles. The molecule has 1 heterocycles. The average Bonchev–Trinajstić information content (AvgIpc) is 2.49. The maximum Gasteiger partial charge on any atom is 0.262 e. The maximum atomic E-state index is 12.4. The molecule has 0 unspecified atom stereocenters. The van der Waals surface area contributed by atoms with E-state index in [1.165, 1.54) is 4.57 Å². The van der Waals surface area contributed by atoms with Crippen LogP contribution < -0.4 is 10.3 Å². The minimum Gasteiger partial charge on any atom is -0.457 e. The van der Waals surface area contributed by atoms with Crippen molar-refractivity contribution in [2.45, 2.75) is 13.5 Å². The quantitative estimate of drug-likeness (QED) is 0.747. The van der Waals surface area contributed by atoms with Gasteiger partial charge in [-0.3, -0.25) is 9.36 Å². The maximum absolute atomic E-state index is 12.4. The monoisotopic (exact) mass is 298 g/mol. The zero-order valence-corrected chi connectivity index (χ0v) is 12.3. The van der Waals surface area contributed by atoms with E-state index in [2.05, 4.69) is 4.98 Å². The van der Waals surface area contributed by atoms with Crippen LogP contribution in [0.2, 0.25) is 0 Å². The van der Waals surface area contributed by atoms with Crippen LogP contribution in [0.25, 0.3) is 10.9 Å². The number of hydrogen-bond donors (Lipinski definition) is 1. The van der Waals surface area contributed by atoms with Gasteiger partial charge in [0.15, 0.2) is 4.77 Å². The lowest BCUT2D eigenvalue weighted by molar-refractivity contribution is 0.483. The normalized spacial score (nSPS) is 10.7. The van der Waals surface area contributed by atoms with Crippen molar-refractivity contribution in [3.05, 3.63) is 63.7 Å². The number of benzene rings is 2. The highest BCUT2D eigenvalue weighted by molar-refractivity contribution is 7.71. The van der Waals surface area contributed by atoms with Crippen LogP contribution in [0, 0.1) is 4.77 Å². The first kappa shape index (κ1) is 13.6. The van der Waals surface area contributed by atoms with E-state index in [4.69, 9.17) is 17.0 Å². The van der Waals surface area contributed by atoms with Crippen LogP contribution in [0.15, 0.2) is 53.3 Å². The molecular formula is C16H14N2O2S. The Balaban J connectivity index is 2.12. The van der Waals surface area contributed by atoms with E-state index >= 15 is 0 Å². The molecule has 0 radical (unpaired) electrons. The standard InChI is InChI=1S/C16H14N2O2S/c1-2-18-15(19)13-10-12(8-9-14(13)17-16(18)21)20-11-6-4-3-5-7-11/h3-10H,2H2,1H3,(H,17,21). The number of ether oxygens (including phenoxy) is 1. The summed E-state index contributed by atoms with van der Waals surface area (Å²) in [6.07, 6.45) is 0.